The van der Waals surface area contributed by atoms with Crippen molar-refractivity contribution < 1.29 is 9.53 Å². The molecule has 0 atom stereocenters. The summed E-state index contributed by atoms with van der Waals surface area (Å²) in [6, 6.07) is 7.50. The van der Waals surface area contributed by atoms with Crippen molar-refractivity contribution in [3.8, 4) is 5.75 Å². The molecule has 0 fully saturated rings. The predicted molar refractivity (Wildman–Crippen MR) is 59.7 cm³/mol. The van der Waals surface area contributed by atoms with Crippen molar-refractivity contribution in [2.24, 2.45) is 5.73 Å². The summed E-state index contributed by atoms with van der Waals surface area (Å²) in [4.78, 5) is 11.2. The zero-order chi connectivity index (χ0) is 11.1. The van der Waals surface area contributed by atoms with Gasteiger partial charge in [0.25, 0.3) is 0 Å². The van der Waals surface area contributed by atoms with Crippen molar-refractivity contribution >= 4 is 5.97 Å². The predicted octanol–water partition coefficient (Wildman–Crippen LogP) is 1.89. The first-order valence-corrected chi connectivity index (χ1v) is 5.26. The summed E-state index contributed by atoms with van der Waals surface area (Å²) < 4.78 is 5.16. The summed E-state index contributed by atoms with van der Waals surface area (Å²) in [7, 11) is 0. The molecule has 0 aliphatic carbocycles. The van der Waals surface area contributed by atoms with Crippen molar-refractivity contribution in [3.63, 3.8) is 0 Å². The summed E-state index contributed by atoms with van der Waals surface area (Å²) in [6.45, 7) is 2.55. The van der Waals surface area contributed by atoms with E-state index in [9.17, 15) is 4.79 Å². The monoisotopic (exact) mass is 207 g/mol. The molecule has 0 aliphatic rings. The van der Waals surface area contributed by atoms with E-state index < -0.39 is 0 Å². The van der Waals surface area contributed by atoms with Crippen LogP contribution in [0.1, 0.15) is 25.3 Å². The molecule has 0 unspecified atom stereocenters. The van der Waals surface area contributed by atoms with E-state index >= 15 is 0 Å². The number of ether oxygens (including phenoxy) is 1. The molecule has 15 heavy (non-hydrogen) atoms. The summed E-state index contributed by atoms with van der Waals surface area (Å²) in [5.74, 6) is 0.432. The van der Waals surface area contributed by atoms with Crippen LogP contribution in [-0.4, -0.2) is 12.5 Å². The van der Waals surface area contributed by atoms with Gasteiger partial charge in [-0.3, -0.25) is 4.79 Å². The Kier molecular flexibility index (Phi) is 4.84. The van der Waals surface area contributed by atoms with Crippen LogP contribution in [0.25, 0.3) is 0 Å². The SMILES string of the molecule is CCCC(=O)Oc1cccc(CCN)c1. The quantitative estimate of drug-likeness (QED) is 0.592. The first-order chi connectivity index (χ1) is 7.26. The molecule has 3 nitrogen and oxygen atoms in total. The molecule has 0 amide bonds. The Morgan fingerprint density at radius 1 is 1.47 bits per heavy atom. The molecular formula is C12H17NO2. The number of nitrogens with two attached hydrogens (primary N) is 1. The minimum absolute atomic E-state index is 0.178. The molecule has 0 aliphatic heterocycles. The summed E-state index contributed by atoms with van der Waals surface area (Å²) in [6.07, 6.45) is 2.07. The van der Waals surface area contributed by atoms with E-state index in [0.29, 0.717) is 18.7 Å². The summed E-state index contributed by atoms with van der Waals surface area (Å²) >= 11 is 0. The molecule has 0 saturated carbocycles. The van der Waals surface area contributed by atoms with Crippen molar-refractivity contribution in [3.05, 3.63) is 29.8 Å². The molecule has 0 aromatic heterocycles. The lowest BCUT2D eigenvalue weighted by atomic mass is 10.1. The number of hydrogen-bond acceptors (Lipinski definition) is 3. The van der Waals surface area contributed by atoms with Crippen LogP contribution >= 0.6 is 0 Å². The lowest BCUT2D eigenvalue weighted by Gasteiger charge is -2.05. The van der Waals surface area contributed by atoms with Crippen molar-refractivity contribution in [2.75, 3.05) is 6.54 Å². The van der Waals surface area contributed by atoms with Gasteiger partial charge in [0.1, 0.15) is 5.75 Å². The molecule has 1 aromatic carbocycles. The van der Waals surface area contributed by atoms with Crippen LogP contribution in [-0.2, 0) is 11.2 Å². The van der Waals surface area contributed by atoms with E-state index in [1.54, 1.807) is 6.07 Å². The highest BCUT2D eigenvalue weighted by atomic mass is 16.5. The lowest BCUT2D eigenvalue weighted by Crippen LogP contribution is -2.07. The van der Waals surface area contributed by atoms with Gasteiger partial charge in [0.15, 0.2) is 0 Å². The van der Waals surface area contributed by atoms with E-state index in [1.807, 2.05) is 25.1 Å². The van der Waals surface area contributed by atoms with Crippen LogP contribution in [0.5, 0.6) is 5.75 Å². The number of benzene rings is 1. The maximum Gasteiger partial charge on any atom is 0.311 e. The first-order valence-electron chi connectivity index (χ1n) is 5.26. The van der Waals surface area contributed by atoms with Gasteiger partial charge < -0.3 is 10.5 Å². The van der Waals surface area contributed by atoms with Gasteiger partial charge in [-0.05, 0) is 37.1 Å². The molecule has 0 radical (unpaired) electrons. The Bertz CT molecular complexity index is 323. The highest BCUT2D eigenvalue weighted by Crippen LogP contribution is 2.14. The number of rotatable bonds is 5. The Morgan fingerprint density at radius 2 is 2.27 bits per heavy atom. The van der Waals surface area contributed by atoms with Crippen LogP contribution < -0.4 is 10.5 Å². The Morgan fingerprint density at radius 3 is 2.93 bits per heavy atom. The minimum Gasteiger partial charge on any atom is -0.427 e. The second kappa shape index (κ2) is 6.19. The van der Waals surface area contributed by atoms with Gasteiger partial charge in [-0.25, -0.2) is 0 Å². The van der Waals surface area contributed by atoms with Gasteiger partial charge in [0.05, 0.1) is 0 Å². The number of esters is 1. The van der Waals surface area contributed by atoms with E-state index in [-0.39, 0.29) is 5.97 Å². The summed E-state index contributed by atoms with van der Waals surface area (Å²) in [5.41, 5.74) is 6.55. The average molecular weight is 207 g/mol. The molecule has 82 valence electrons. The molecular weight excluding hydrogens is 190 g/mol. The Balaban J connectivity index is 2.60. The molecule has 1 rings (SSSR count). The highest BCUT2D eigenvalue weighted by Gasteiger charge is 2.03. The zero-order valence-corrected chi connectivity index (χ0v) is 9.03. The smallest absolute Gasteiger partial charge is 0.311 e. The number of carbonyl (C=O) groups is 1. The Labute approximate surface area is 90.2 Å². The molecule has 1 aromatic rings. The molecule has 2 N–H and O–H groups in total. The maximum absolute atomic E-state index is 11.2. The third kappa shape index (κ3) is 4.13. The maximum atomic E-state index is 11.2. The molecule has 0 saturated heterocycles. The van der Waals surface area contributed by atoms with E-state index in [4.69, 9.17) is 10.5 Å². The largest absolute Gasteiger partial charge is 0.427 e. The molecule has 0 heterocycles. The van der Waals surface area contributed by atoms with Gasteiger partial charge in [-0.2, -0.15) is 0 Å². The lowest BCUT2D eigenvalue weighted by molar-refractivity contribution is -0.134. The third-order valence-corrected chi connectivity index (χ3v) is 2.02. The Hall–Kier alpha value is -1.35. The van der Waals surface area contributed by atoms with Crippen LogP contribution in [0.15, 0.2) is 24.3 Å². The third-order valence-electron chi connectivity index (χ3n) is 2.02. The van der Waals surface area contributed by atoms with Crippen LogP contribution in [0.2, 0.25) is 0 Å². The van der Waals surface area contributed by atoms with Crippen LogP contribution in [0.4, 0.5) is 0 Å². The van der Waals surface area contributed by atoms with E-state index in [0.717, 1.165) is 18.4 Å². The normalized spacial score (nSPS) is 10.0. The van der Waals surface area contributed by atoms with Crippen molar-refractivity contribution in [2.45, 2.75) is 26.2 Å². The van der Waals surface area contributed by atoms with Crippen LogP contribution in [0, 0.1) is 0 Å². The fourth-order valence-corrected chi connectivity index (χ4v) is 1.32. The van der Waals surface area contributed by atoms with E-state index in [2.05, 4.69) is 0 Å². The van der Waals surface area contributed by atoms with Gasteiger partial charge in [-0.1, -0.05) is 19.1 Å². The average Bonchev–Trinajstić information content (AvgIpc) is 2.19. The molecule has 0 spiro atoms. The van der Waals surface area contributed by atoms with Crippen molar-refractivity contribution in [1.29, 1.82) is 0 Å². The van der Waals surface area contributed by atoms with Crippen molar-refractivity contribution in [1.82, 2.24) is 0 Å². The summed E-state index contributed by atoms with van der Waals surface area (Å²) in [5, 5.41) is 0. The van der Waals surface area contributed by atoms with Gasteiger partial charge in [-0.15, -0.1) is 0 Å². The fourth-order valence-electron chi connectivity index (χ4n) is 1.32. The van der Waals surface area contributed by atoms with Gasteiger partial charge >= 0.3 is 5.97 Å². The second-order valence-electron chi connectivity index (χ2n) is 3.41. The van der Waals surface area contributed by atoms with Crippen LogP contribution in [0.3, 0.4) is 0 Å². The number of hydrogen-bond donors (Lipinski definition) is 1. The van der Waals surface area contributed by atoms with Gasteiger partial charge in [0.2, 0.25) is 0 Å². The molecule has 0 bridgehead atoms. The second-order valence-corrected chi connectivity index (χ2v) is 3.41. The zero-order valence-electron chi connectivity index (χ0n) is 9.03. The fraction of sp³-hybridized carbons (Fsp3) is 0.417. The van der Waals surface area contributed by atoms with Gasteiger partial charge in [0, 0.05) is 6.42 Å². The minimum atomic E-state index is -0.178. The first kappa shape index (κ1) is 11.7. The number of carbonyl (C=O) groups excluding carboxylic acids is 1. The van der Waals surface area contributed by atoms with E-state index in [1.165, 1.54) is 0 Å². The topological polar surface area (TPSA) is 52.3 Å². The molecule has 3 heteroatoms. The standard InChI is InChI=1S/C12H17NO2/c1-2-4-12(14)15-11-6-3-5-10(9-11)7-8-13/h3,5-6,9H,2,4,7-8,13H2,1H3. The highest BCUT2D eigenvalue weighted by molar-refractivity contribution is 5.72.